The molecular weight excluding hydrogens is 440 g/mol. The van der Waals surface area contributed by atoms with Crippen molar-refractivity contribution in [3.8, 4) is 5.75 Å². The molecule has 3 saturated carbocycles. The van der Waals surface area contributed by atoms with Crippen molar-refractivity contribution >= 4 is 11.9 Å². The summed E-state index contributed by atoms with van der Waals surface area (Å²) < 4.78 is 0. The number of nitrogens with zero attached hydrogens (tertiary/aromatic N) is 3. The smallest absolute Gasteiger partial charge is 0.320 e. The number of phenols is 1. The Balaban J connectivity index is 1.21. The van der Waals surface area contributed by atoms with Gasteiger partial charge in [-0.2, -0.15) is 0 Å². The van der Waals surface area contributed by atoms with Crippen LogP contribution in [0.4, 0.5) is 4.79 Å². The highest BCUT2D eigenvalue weighted by molar-refractivity contribution is 5.85. The van der Waals surface area contributed by atoms with E-state index in [1.165, 1.54) is 43.4 Å². The van der Waals surface area contributed by atoms with Crippen LogP contribution in [-0.4, -0.2) is 83.1 Å². The fraction of sp³-hybridized carbons (Fsp3) is 0.714. The molecule has 3 heterocycles. The standard InChI is InChI=1S/C28H36N4O3/c33-20-4-3-18-11-23-27-6-5-22-25(28(27,21(18)12-20)7-9-30(23)14-17-1-2-17)19(13-27)15-32(22)26(35)31-10-8-29-24(34)16-31/h3-4,12,17,19,22-23,25,33H,1-2,5-11,13-16H2,(H,29,34)/t19-,22?,23?,25?,27?,28?/m1/s1. The number of phenolic OH excluding ortho intramolecular Hbond substituents is 1. The molecule has 6 atom stereocenters. The van der Waals surface area contributed by atoms with Gasteiger partial charge in [-0.25, -0.2) is 4.79 Å². The maximum atomic E-state index is 13.7. The van der Waals surface area contributed by atoms with Gasteiger partial charge in [-0.05, 0) is 97.9 Å². The summed E-state index contributed by atoms with van der Waals surface area (Å²) in [5.74, 6) is 2.21. The molecule has 7 nitrogen and oxygen atoms in total. The molecule has 1 aromatic rings. The number of piperidine rings is 1. The molecule has 1 aromatic carbocycles. The number of carbonyl (C=O) groups is 2. The maximum absolute atomic E-state index is 13.7. The number of hydrogen-bond donors (Lipinski definition) is 2. The van der Waals surface area contributed by atoms with Gasteiger partial charge in [-0.15, -0.1) is 0 Å². The van der Waals surface area contributed by atoms with E-state index in [9.17, 15) is 14.7 Å². The van der Waals surface area contributed by atoms with E-state index in [2.05, 4.69) is 27.2 Å². The molecule has 2 N–H and O–H groups in total. The zero-order valence-electron chi connectivity index (χ0n) is 20.4. The Bertz CT molecular complexity index is 1120. The first kappa shape index (κ1) is 20.9. The summed E-state index contributed by atoms with van der Waals surface area (Å²) in [7, 11) is 0. The second-order valence-corrected chi connectivity index (χ2v) is 12.7. The van der Waals surface area contributed by atoms with Crippen molar-refractivity contribution < 1.29 is 14.7 Å². The first-order chi connectivity index (χ1) is 17.0. The highest BCUT2D eigenvalue weighted by Crippen LogP contribution is 2.75. The minimum atomic E-state index is -0.0483. The van der Waals surface area contributed by atoms with Gasteiger partial charge in [0.15, 0.2) is 0 Å². The number of likely N-dealkylation sites (tertiary alicyclic amines) is 2. The molecule has 3 aliphatic heterocycles. The molecule has 4 aliphatic carbocycles. The van der Waals surface area contributed by atoms with Gasteiger partial charge in [0.25, 0.3) is 0 Å². The summed E-state index contributed by atoms with van der Waals surface area (Å²) in [5.41, 5.74) is 3.17. The fourth-order valence-corrected chi connectivity index (χ4v) is 10.1. The van der Waals surface area contributed by atoms with Crippen LogP contribution in [-0.2, 0) is 16.6 Å². The molecule has 3 amide bonds. The van der Waals surface area contributed by atoms with Crippen molar-refractivity contribution in [3.63, 3.8) is 0 Å². The lowest BCUT2D eigenvalue weighted by molar-refractivity contribution is -0.123. The number of aromatic hydroxyl groups is 1. The molecule has 0 spiro atoms. The van der Waals surface area contributed by atoms with Crippen molar-refractivity contribution in [1.29, 1.82) is 0 Å². The Morgan fingerprint density at radius 1 is 1.17 bits per heavy atom. The number of carbonyl (C=O) groups excluding carboxylic acids is 2. The van der Waals surface area contributed by atoms with Gasteiger partial charge in [0, 0.05) is 43.7 Å². The number of fused-ring (bicyclic) bond motifs is 1. The molecule has 0 radical (unpaired) electrons. The Labute approximate surface area is 206 Å². The number of urea groups is 1. The topological polar surface area (TPSA) is 76.1 Å². The second kappa shape index (κ2) is 6.93. The molecule has 0 aromatic heterocycles. The second-order valence-electron chi connectivity index (χ2n) is 12.7. The molecule has 35 heavy (non-hydrogen) atoms. The van der Waals surface area contributed by atoms with Crippen LogP contribution in [0.2, 0.25) is 0 Å². The molecule has 7 heteroatoms. The number of piperazine rings is 1. The number of hydrogen-bond acceptors (Lipinski definition) is 4. The van der Waals surface area contributed by atoms with Crippen LogP contribution in [0.1, 0.15) is 49.7 Å². The molecule has 3 saturated heterocycles. The maximum Gasteiger partial charge on any atom is 0.320 e. The average molecular weight is 477 g/mol. The monoisotopic (exact) mass is 476 g/mol. The van der Waals surface area contributed by atoms with Crippen molar-refractivity contribution in [2.75, 3.05) is 39.3 Å². The Kier molecular flexibility index (Phi) is 4.13. The fourth-order valence-electron chi connectivity index (χ4n) is 10.1. The minimum absolute atomic E-state index is 0.0483. The number of amides is 3. The van der Waals surface area contributed by atoms with E-state index in [1.807, 2.05) is 6.07 Å². The lowest BCUT2D eigenvalue weighted by Crippen LogP contribution is -2.70. The Morgan fingerprint density at radius 3 is 2.89 bits per heavy atom. The lowest BCUT2D eigenvalue weighted by Gasteiger charge is -2.66. The molecule has 4 bridgehead atoms. The number of rotatable bonds is 2. The summed E-state index contributed by atoms with van der Waals surface area (Å²) >= 11 is 0. The van der Waals surface area contributed by atoms with E-state index in [4.69, 9.17) is 0 Å². The van der Waals surface area contributed by atoms with Crippen LogP contribution in [0, 0.1) is 23.2 Å². The largest absolute Gasteiger partial charge is 0.508 e. The van der Waals surface area contributed by atoms with Gasteiger partial charge in [-0.3, -0.25) is 9.69 Å². The van der Waals surface area contributed by atoms with E-state index >= 15 is 0 Å². The van der Waals surface area contributed by atoms with Gasteiger partial charge in [0.1, 0.15) is 12.3 Å². The van der Waals surface area contributed by atoms with Crippen LogP contribution >= 0.6 is 0 Å². The van der Waals surface area contributed by atoms with Gasteiger partial charge < -0.3 is 20.2 Å². The summed E-state index contributed by atoms with van der Waals surface area (Å²) in [4.78, 5) is 32.5. The van der Waals surface area contributed by atoms with Crippen molar-refractivity contribution in [1.82, 2.24) is 20.0 Å². The summed E-state index contributed by atoms with van der Waals surface area (Å²) in [5, 5.41) is 13.5. The van der Waals surface area contributed by atoms with Crippen LogP contribution in [0.25, 0.3) is 0 Å². The van der Waals surface area contributed by atoms with Crippen molar-refractivity contribution in [3.05, 3.63) is 29.3 Å². The summed E-state index contributed by atoms with van der Waals surface area (Å²) in [6, 6.07) is 7.08. The quantitative estimate of drug-likeness (QED) is 0.687. The van der Waals surface area contributed by atoms with Crippen molar-refractivity contribution in [2.24, 2.45) is 23.2 Å². The van der Waals surface area contributed by atoms with E-state index in [0.717, 1.165) is 38.3 Å². The van der Waals surface area contributed by atoms with E-state index in [-0.39, 0.29) is 35.4 Å². The highest BCUT2D eigenvalue weighted by atomic mass is 16.3. The van der Waals surface area contributed by atoms with Crippen LogP contribution in [0.3, 0.4) is 0 Å². The summed E-state index contributed by atoms with van der Waals surface area (Å²) in [6.45, 7) is 4.58. The number of benzene rings is 1. The van der Waals surface area contributed by atoms with Gasteiger partial charge >= 0.3 is 6.03 Å². The SMILES string of the molecule is O=C1CN(C(=O)N2C[C@H]3CC45CCC2C3C42CCN(CC3CC3)C5Cc3ccc(O)cc32)CCN1. The third-order valence-electron chi connectivity index (χ3n) is 11.3. The molecule has 7 aliphatic rings. The van der Waals surface area contributed by atoms with E-state index in [1.54, 1.807) is 4.90 Å². The van der Waals surface area contributed by atoms with Crippen LogP contribution in [0.5, 0.6) is 5.75 Å². The Hall–Kier alpha value is -2.28. The van der Waals surface area contributed by atoms with Crippen LogP contribution < -0.4 is 5.32 Å². The third-order valence-corrected chi connectivity index (χ3v) is 11.3. The first-order valence-electron chi connectivity index (χ1n) is 13.9. The van der Waals surface area contributed by atoms with Crippen LogP contribution in [0.15, 0.2) is 18.2 Å². The molecule has 8 rings (SSSR count). The molecule has 5 unspecified atom stereocenters. The minimum Gasteiger partial charge on any atom is -0.508 e. The van der Waals surface area contributed by atoms with Crippen molar-refractivity contribution in [2.45, 2.75) is 62.4 Å². The predicted octanol–water partition coefficient (Wildman–Crippen LogP) is 2.32. The number of nitrogens with one attached hydrogen (secondary N) is 1. The molecule has 6 fully saturated rings. The van der Waals surface area contributed by atoms with E-state index in [0.29, 0.717) is 36.7 Å². The normalized spacial score (nSPS) is 41.4. The molecular formula is C28H36N4O3. The predicted molar refractivity (Wildman–Crippen MR) is 130 cm³/mol. The molecule has 186 valence electrons. The zero-order chi connectivity index (χ0) is 23.5. The third kappa shape index (κ3) is 2.60. The van der Waals surface area contributed by atoms with Gasteiger partial charge in [0.2, 0.25) is 5.91 Å². The Morgan fingerprint density at radius 2 is 2.06 bits per heavy atom. The zero-order valence-corrected chi connectivity index (χ0v) is 20.4. The average Bonchev–Trinajstić information content (AvgIpc) is 3.54. The summed E-state index contributed by atoms with van der Waals surface area (Å²) in [6.07, 6.45) is 8.51. The van der Waals surface area contributed by atoms with Gasteiger partial charge in [0.05, 0.1) is 0 Å². The first-order valence-corrected chi connectivity index (χ1v) is 13.9. The highest BCUT2D eigenvalue weighted by Gasteiger charge is 2.76. The van der Waals surface area contributed by atoms with Gasteiger partial charge in [-0.1, -0.05) is 6.07 Å². The van der Waals surface area contributed by atoms with E-state index < -0.39 is 0 Å². The lowest BCUT2D eigenvalue weighted by atomic mass is 9.43.